The highest BCUT2D eigenvalue weighted by molar-refractivity contribution is 5.05. The Hall–Kier alpha value is -0.120. The summed E-state index contributed by atoms with van der Waals surface area (Å²) in [7, 11) is 2.23. The van der Waals surface area contributed by atoms with Gasteiger partial charge < -0.3 is 10.5 Å². The molecule has 2 unspecified atom stereocenters. The molecule has 3 nitrogen and oxygen atoms in total. The van der Waals surface area contributed by atoms with Gasteiger partial charge in [0, 0.05) is 25.2 Å². The zero-order valence-corrected chi connectivity index (χ0v) is 13.2. The van der Waals surface area contributed by atoms with E-state index in [0.29, 0.717) is 11.3 Å². The molecule has 0 aromatic carbocycles. The van der Waals surface area contributed by atoms with Crippen LogP contribution in [0.4, 0.5) is 0 Å². The number of likely N-dealkylation sites (N-methyl/N-ethyl adjacent to an activating group) is 1. The van der Waals surface area contributed by atoms with Crippen molar-refractivity contribution in [2.45, 2.75) is 52.0 Å². The Kier molecular flexibility index (Phi) is 4.59. The summed E-state index contributed by atoms with van der Waals surface area (Å²) in [6.07, 6.45) is 5.22. The summed E-state index contributed by atoms with van der Waals surface area (Å²) in [6, 6.07) is 0. The summed E-state index contributed by atoms with van der Waals surface area (Å²) >= 11 is 0. The smallest absolute Gasteiger partial charge is 0.0593 e. The molecule has 0 spiro atoms. The van der Waals surface area contributed by atoms with E-state index in [9.17, 15) is 0 Å². The molecule has 0 aromatic heterocycles. The van der Waals surface area contributed by atoms with Gasteiger partial charge in [-0.3, -0.25) is 4.90 Å². The highest BCUT2D eigenvalue weighted by Gasteiger charge is 2.49. The molecule has 0 heterocycles. The molecule has 0 saturated heterocycles. The zero-order valence-electron chi connectivity index (χ0n) is 13.2. The van der Waals surface area contributed by atoms with Crippen LogP contribution in [0.1, 0.15) is 46.5 Å². The van der Waals surface area contributed by atoms with Crippen LogP contribution < -0.4 is 5.73 Å². The third-order valence-corrected chi connectivity index (χ3v) is 5.30. The lowest BCUT2D eigenvalue weighted by molar-refractivity contribution is 0.0402. The van der Waals surface area contributed by atoms with Crippen LogP contribution in [0.15, 0.2) is 0 Å². The van der Waals surface area contributed by atoms with Crippen LogP contribution in [0.2, 0.25) is 0 Å². The van der Waals surface area contributed by atoms with Crippen molar-refractivity contribution in [3.8, 4) is 0 Å². The summed E-state index contributed by atoms with van der Waals surface area (Å²) in [6.45, 7) is 10.7. The fourth-order valence-electron chi connectivity index (χ4n) is 3.99. The number of rotatable bonds is 7. The SMILES string of the molecule is CC1CC(C)(C)CC1(CN)N(C)CCOCC1CC1. The second kappa shape index (κ2) is 5.71. The average molecular weight is 268 g/mol. The van der Waals surface area contributed by atoms with Gasteiger partial charge in [0.1, 0.15) is 0 Å². The number of ether oxygens (including phenoxy) is 1. The van der Waals surface area contributed by atoms with E-state index < -0.39 is 0 Å². The predicted octanol–water partition coefficient (Wildman–Crippen LogP) is 2.50. The third kappa shape index (κ3) is 3.50. The van der Waals surface area contributed by atoms with E-state index in [1.807, 2.05) is 0 Å². The van der Waals surface area contributed by atoms with E-state index in [1.54, 1.807) is 0 Å². The maximum absolute atomic E-state index is 6.16. The highest BCUT2D eigenvalue weighted by atomic mass is 16.5. The Bertz CT molecular complexity index is 301. The summed E-state index contributed by atoms with van der Waals surface area (Å²) in [5.74, 6) is 1.53. The van der Waals surface area contributed by atoms with Gasteiger partial charge in [-0.05, 0) is 50.0 Å². The molecule has 0 aliphatic heterocycles. The minimum absolute atomic E-state index is 0.173. The van der Waals surface area contributed by atoms with E-state index in [-0.39, 0.29) is 5.54 Å². The first-order valence-electron chi connectivity index (χ1n) is 7.89. The van der Waals surface area contributed by atoms with Crippen molar-refractivity contribution in [3.05, 3.63) is 0 Å². The molecule has 0 amide bonds. The summed E-state index contributed by atoms with van der Waals surface area (Å²) in [5.41, 5.74) is 6.75. The number of hydrogen-bond donors (Lipinski definition) is 1. The monoisotopic (exact) mass is 268 g/mol. The molecule has 2 aliphatic carbocycles. The van der Waals surface area contributed by atoms with Gasteiger partial charge in [0.05, 0.1) is 6.61 Å². The fraction of sp³-hybridized carbons (Fsp3) is 1.00. The van der Waals surface area contributed by atoms with Crippen molar-refractivity contribution in [1.82, 2.24) is 4.90 Å². The van der Waals surface area contributed by atoms with Crippen molar-refractivity contribution in [2.75, 3.05) is 33.4 Å². The van der Waals surface area contributed by atoms with Crippen molar-refractivity contribution in [2.24, 2.45) is 23.0 Å². The van der Waals surface area contributed by atoms with Gasteiger partial charge in [-0.15, -0.1) is 0 Å². The van der Waals surface area contributed by atoms with Gasteiger partial charge in [0.2, 0.25) is 0 Å². The van der Waals surface area contributed by atoms with Crippen LogP contribution in [0, 0.1) is 17.3 Å². The first-order valence-corrected chi connectivity index (χ1v) is 7.89. The Balaban J connectivity index is 1.84. The molecule has 0 bridgehead atoms. The van der Waals surface area contributed by atoms with E-state index >= 15 is 0 Å². The van der Waals surface area contributed by atoms with Crippen LogP contribution in [0.3, 0.4) is 0 Å². The molecule has 0 aromatic rings. The molecule has 2 fully saturated rings. The molecule has 2 saturated carbocycles. The van der Waals surface area contributed by atoms with Crippen LogP contribution in [-0.2, 0) is 4.74 Å². The van der Waals surface area contributed by atoms with Crippen LogP contribution in [0.5, 0.6) is 0 Å². The molecular formula is C16H32N2O. The van der Waals surface area contributed by atoms with Gasteiger partial charge >= 0.3 is 0 Å². The van der Waals surface area contributed by atoms with Crippen molar-refractivity contribution >= 4 is 0 Å². The second-order valence-electron chi connectivity index (χ2n) is 7.69. The van der Waals surface area contributed by atoms with E-state index in [2.05, 4.69) is 32.7 Å². The van der Waals surface area contributed by atoms with Crippen LogP contribution in [0.25, 0.3) is 0 Å². The second-order valence-corrected chi connectivity index (χ2v) is 7.69. The largest absolute Gasteiger partial charge is 0.380 e. The third-order valence-electron chi connectivity index (χ3n) is 5.30. The normalized spacial score (nSPS) is 34.1. The molecule has 2 atom stereocenters. The first-order chi connectivity index (χ1) is 8.89. The Morgan fingerprint density at radius 2 is 2.00 bits per heavy atom. The maximum Gasteiger partial charge on any atom is 0.0593 e. The van der Waals surface area contributed by atoms with E-state index in [4.69, 9.17) is 10.5 Å². The molecule has 2 rings (SSSR count). The van der Waals surface area contributed by atoms with E-state index in [0.717, 1.165) is 32.2 Å². The summed E-state index contributed by atoms with van der Waals surface area (Å²) in [4.78, 5) is 2.47. The Morgan fingerprint density at radius 3 is 2.47 bits per heavy atom. The van der Waals surface area contributed by atoms with Gasteiger partial charge in [-0.2, -0.15) is 0 Å². The fourth-order valence-corrected chi connectivity index (χ4v) is 3.99. The standard InChI is InChI=1S/C16H32N2O/c1-13-9-15(2,3)11-16(13,12-17)18(4)7-8-19-10-14-5-6-14/h13-14H,5-12,17H2,1-4H3. The topological polar surface area (TPSA) is 38.5 Å². The number of nitrogens with two attached hydrogens (primary N) is 1. The quantitative estimate of drug-likeness (QED) is 0.721. The average Bonchev–Trinajstić information content (AvgIpc) is 3.10. The maximum atomic E-state index is 6.16. The Morgan fingerprint density at radius 1 is 1.32 bits per heavy atom. The summed E-state index contributed by atoms with van der Waals surface area (Å²) in [5, 5.41) is 0. The summed E-state index contributed by atoms with van der Waals surface area (Å²) < 4.78 is 5.78. The lowest BCUT2D eigenvalue weighted by atomic mass is 9.85. The molecule has 0 radical (unpaired) electrons. The minimum atomic E-state index is 0.173. The van der Waals surface area contributed by atoms with Gasteiger partial charge in [-0.1, -0.05) is 20.8 Å². The zero-order chi connectivity index (χ0) is 14.1. The number of hydrogen-bond acceptors (Lipinski definition) is 3. The molecule has 112 valence electrons. The van der Waals surface area contributed by atoms with Crippen molar-refractivity contribution in [1.29, 1.82) is 0 Å². The molecule has 2 N–H and O–H groups in total. The lowest BCUT2D eigenvalue weighted by Crippen LogP contribution is -2.55. The lowest BCUT2D eigenvalue weighted by Gasteiger charge is -2.42. The van der Waals surface area contributed by atoms with Gasteiger partial charge in [-0.25, -0.2) is 0 Å². The van der Waals surface area contributed by atoms with Crippen LogP contribution >= 0.6 is 0 Å². The number of nitrogens with zero attached hydrogens (tertiary/aromatic N) is 1. The molecule has 2 aliphatic rings. The van der Waals surface area contributed by atoms with Gasteiger partial charge in [0.25, 0.3) is 0 Å². The Labute approximate surface area is 118 Å². The van der Waals surface area contributed by atoms with E-state index in [1.165, 1.54) is 25.7 Å². The first kappa shape index (κ1) is 15.3. The van der Waals surface area contributed by atoms with Gasteiger partial charge in [0.15, 0.2) is 0 Å². The van der Waals surface area contributed by atoms with Crippen molar-refractivity contribution in [3.63, 3.8) is 0 Å². The van der Waals surface area contributed by atoms with Crippen LogP contribution in [-0.4, -0.2) is 43.8 Å². The highest BCUT2D eigenvalue weighted by Crippen LogP contribution is 2.49. The molecule has 3 heteroatoms. The molecular weight excluding hydrogens is 236 g/mol. The minimum Gasteiger partial charge on any atom is -0.380 e. The van der Waals surface area contributed by atoms with Crippen molar-refractivity contribution < 1.29 is 4.74 Å². The predicted molar refractivity (Wildman–Crippen MR) is 80.1 cm³/mol. The molecule has 19 heavy (non-hydrogen) atoms.